The fourth-order valence-corrected chi connectivity index (χ4v) is 4.28. The van der Waals surface area contributed by atoms with Crippen LogP contribution in [0.2, 0.25) is 0 Å². The molecular formula is C35H52N2O3S. The van der Waals surface area contributed by atoms with Crippen LogP contribution in [0.4, 0.5) is 0 Å². The maximum atomic E-state index is 11.5. The van der Waals surface area contributed by atoms with Gasteiger partial charge in [0.25, 0.3) is 0 Å². The average molecular weight is 581 g/mol. The summed E-state index contributed by atoms with van der Waals surface area (Å²) in [5.74, 6) is -0.377. The lowest BCUT2D eigenvalue weighted by molar-refractivity contribution is -0.137. The summed E-state index contributed by atoms with van der Waals surface area (Å²) in [4.78, 5) is 21.5. The first kappa shape index (κ1) is 37.9. The van der Waals surface area contributed by atoms with E-state index in [1.807, 2.05) is 68.7 Å². The van der Waals surface area contributed by atoms with Crippen LogP contribution in [0.3, 0.4) is 0 Å². The minimum absolute atomic E-state index is 0.00855. The Labute approximate surface area is 254 Å². The molecule has 1 aromatic carbocycles. The SMILES string of the molecule is C=C\C(=C/C=C/C=N/C(C)=C(/COc1ccc(C(CC(=O)O)C(CC/C=C\C)=NC)cc1)SC)C(C)(C)C.CCC. The van der Waals surface area contributed by atoms with Gasteiger partial charge in [-0.25, -0.2) is 0 Å². The molecule has 41 heavy (non-hydrogen) atoms. The van der Waals surface area contributed by atoms with E-state index >= 15 is 0 Å². The molecule has 0 radical (unpaired) electrons. The second-order valence-corrected chi connectivity index (χ2v) is 11.4. The van der Waals surface area contributed by atoms with E-state index in [9.17, 15) is 9.90 Å². The number of aliphatic imine (C=N–C) groups is 2. The minimum Gasteiger partial charge on any atom is -0.488 e. The first-order valence-corrected chi connectivity index (χ1v) is 15.5. The van der Waals surface area contributed by atoms with Gasteiger partial charge in [0.2, 0.25) is 0 Å². The van der Waals surface area contributed by atoms with Crippen molar-refractivity contribution >= 4 is 29.7 Å². The largest absolute Gasteiger partial charge is 0.488 e. The monoisotopic (exact) mass is 580 g/mol. The van der Waals surface area contributed by atoms with Crippen LogP contribution >= 0.6 is 11.8 Å². The Bertz CT molecular complexity index is 1100. The van der Waals surface area contributed by atoms with E-state index in [-0.39, 0.29) is 17.8 Å². The van der Waals surface area contributed by atoms with Gasteiger partial charge < -0.3 is 9.84 Å². The summed E-state index contributed by atoms with van der Waals surface area (Å²) in [6.07, 6.45) is 18.5. The summed E-state index contributed by atoms with van der Waals surface area (Å²) < 4.78 is 6.03. The molecule has 1 N–H and O–H groups in total. The predicted octanol–water partition coefficient (Wildman–Crippen LogP) is 9.85. The van der Waals surface area contributed by atoms with Crippen LogP contribution in [0.5, 0.6) is 5.75 Å². The van der Waals surface area contributed by atoms with Crippen LogP contribution in [-0.4, -0.2) is 42.9 Å². The van der Waals surface area contributed by atoms with Gasteiger partial charge in [-0.3, -0.25) is 14.8 Å². The quantitative estimate of drug-likeness (QED) is 0.127. The molecule has 0 aliphatic heterocycles. The van der Waals surface area contributed by atoms with E-state index in [1.54, 1.807) is 25.0 Å². The number of hydrogen-bond acceptors (Lipinski definition) is 5. The molecule has 0 bridgehead atoms. The topological polar surface area (TPSA) is 71.2 Å². The molecule has 1 atom stereocenters. The van der Waals surface area contributed by atoms with Gasteiger partial charge in [0.05, 0.1) is 12.1 Å². The molecule has 0 aromatic heterocycles. The fourth-order valence-electron chi connectivity index (χ4n) is 3.76. The van der Waals surface area contributed by atoms with Crippen molar-refractivity contribution in [1.29, 1.82) is 0 Å². The van der Waals surface area contributed by atoms with Crippen LogP contribution in [0.25, 0.3) is 0 Å². The molecule has 5 nitrogen and oxygen atoms in total. The van der Waals surface area contributed by atoms with Crippen molar-refractivity contribution in [2.45, 2.75) is 80.1 Å². The van der Waals surface area contributed by atoms with Crippen LogP contribution in [0.15, 0.2) is 93.5 Å². The third-order valence-electron chi connectivity index (χ3n) is 6.00. The summed E-state index contributed by atoms with van der Waals surface area (Å²) in [6, 6.07) is 7.65. The van der Waals surface area contributed by atoms with Crippen LogP contribution < -0.4 is 4.74 Å². The number of carboxylic acids is 1. The number of benzene rings is 1. The van der Waals surface area contributed by atoms with Gasteiger partial charge >= 0.3 is 5.97 Å². The first-order chi connectivity index (χ1) is 19.5. The van der Waals surface area contributed by atoms with Crippen molar-refractivity contribution in [2.24, 2.45) is 15.4 Å². The molecule has 1 rings (SSSR count). The normalized spacial score (nSPS) is 14.2. The van der Waals surface area contributed by atoms with Crippen molar-refractivity contribution in [3.05, 3.63) is 89.0 Å². The molecule has 0 fully saturated rings. The third kappa shape index (κ3) is 16.0. The zero-order valence-corrected chi connectivity index (χ0v) is 27.6. The van der Waals surface area contributed by atoms with Gasteiger partial charge in [-0.05, 0) is 67.7 Å². The van der Waals surface area contributed by atoms with E-state index in [0.29, 0.717) is 6.61 Å². The molecule has 0 aliphatic carbocycles. The lowest BCUT2D eigenvalue weighted by atomic mass is 9.86. The Morgan fingerprint density at radius 3 is 2.29 bits per heavy atom. The second kappa shape index (κ2) is 21.6. The summed E-state index contributed by atoms with van der Waals surface area (Å²) in [6.45, 7) is 19.0. The zero-order chi connectivity index (χ0) is 31.3. The molecule has 0 aliphatic rings. The molecule has 0 amide bonds. The molecule has 1 aromatic rings. The number of carboxylic acid groups (broad SMARTS) is 1. The molecule has 0 heterocycles. The average Bonchev–Trinajstić information content (AvgIpc) is 2.92. The van der Waals surface area contributed by atoms with Gasteiger partial charge in [-0.2, -0.15) is 0 Å². The summed E-state index contributed by atoms with van der Waals surface area (Å²) in [7, 11) is 1.73. The van der Waals surface area contributed by atoms with E-state index < -0.39 is 5.97 Å². The summed E-state index contributed by atoms with van der Waals surface area (Å²) in [5, 5.41) is 9.48. The van der Waals surface area contributed by atoms with Crippen molar-refractivity contribution in [3.63, 3.8) is 0 Å². The lowest BCUT2D eigenvalue weighted by Gasteiger charge is -2.19. The lowest BCUT2D eigenvalue weighted by Crippen LogP contribution is -2.17. The number of hydrogen-bond donors (Lipinski definition) is 1. The number of rotatable bonds is 15. The standard InChI is InChI=1S/C32H44N2O3S.C3H8/c1-9-11-12-16-29(33-7)28(22-31(35)36)25-17-19-27(20-18-25)37-23-30(38-8)24(3)34-21-14-13-15-26(10-2)32(4,5)6;1-3-2/h9-11,13-15,17-21,28H,2,12,16,22-23H2,1,3-8H3,(H,35,36);3H2,1-2H3/b11-9-,14-13+,26-15+,30-24-,33-29?,34-21+;. The third-order valence-corrected chi connectivity index (χ3v) is 6.91. The van der Waals surface area contributed by atoms with E-state index in [2.05, 4.69) is 63.3 Å². The Hall–Kier alpha value is -3.12. The first-order valence-electron chi connectivity index (χ1n) is 14.3. The van der Waals surface area contributed by atoms with Crippen LogP contribution in [-0.2, 0) is 4.79 Å². The molecule has 0 saturated heterocycles. The Kier molecular flexibility index (Phi) is 20.0. The number of thioether (sulfide) groups is 1. The minimum atomic E-state index is -0.838. The van der Waals surface area contributed by atoms with Crippen LogP contribution in [0, 0.1) is 5.41 Å². The second-order valence-electron chi connectivity index (χ2n) is 10.5. The Morgan fingerprint density at radius 2 is 1.80 bits per heavy atom. The number of ether oxygens (including phenoxy) is 1. The Balaban J connectivity index is 0.00000509. The number of nitrogens with zero attached hydrogens (tertiary/aromatic N) is 2. The predicted molar refractivity (Wildman–Crippen MR) is 182 cm³/mol. The molecule has 226 valence electrons. The molecular weight excluding hydrogens is 528 g/mol. The zero-order valence-electron chi connectivity index (χ0n) is 26.7. The number of allylic oxidation sites excluding steroid dienone is 8. The highest BCUT2D eigenvalue weighted by molar-refractivity contribution is 8.02. The van der Waals surface area contributed by atoms with Gasteiger partial charge in [0.1, 0.15) is 12.4 Å². The van der Waals surface area contributed by atoms with Gasteiger partial charge in [-0.1, -0.05) is 90.1 Å². The van der Waals surface area contributed by atoms with Crippen molar-refractivity contribution in [2.75, 3.05) is 19.9 Å². The Morgan fingerprint density at radius 1 is 1.17 bits per heavy atom. The van der Waals surface area contributed by atoms with E-state index in [1.165, 1.54) is 12.0 Å². The molecule has 0 saturated carbocycles. The highest BCUT2D eigenvalue weighted by Gasteiger charge is 2.21. The van der Waals surface area contributed by atoms with E-state index in [0.717, 1.165) is 40.5 Å². The van der Waals surface area contributed by atoms with Crippen molar-refractivity contribution < 1.29 is 14.6 Å². The van der Waals surface area contributed by atoms with Gasteiger partial charge in [0, 0.05) is 29.8 Å². The highest BCUT2D eigenvalue weighted by Crippen LogP contribution is 2.28. The summed E-state index contributed by atoms with van der Waals surface area (Å²) in [5.41, 5.74) is 3.93. The molecule has 6 heteroatoms. The van der Waals surface area contributed by atoms with Gasteiger partial charge in [-0.15, -0.1) is 11.8 Å². The highest BCUT2D eigenvalue weighted by atomic mass is 32.2. The maximum Gasteiger partial charge on any atom is 0.304 e. The molecule has 0 spiro atoms. The summed E-state index contributed by atoms with van der Waals surface area (Å²) >= 11 is 1.61. The smallest absolute Gasteiger partial charge is 0.304 e. The van der Waals surface area contributed by atoms with Crippen molar-refractivity contribution in [1.82, 2.24) is 0 Å². The van der Waals surface area contributed by atoms with Gasteiger partial charge in [0.15, 0.2) is 0 Å². The number of aliphatic carboxylic acids is 1. The van der Waals surface area contributed by atoms with Crippen molar-refractivity contribution in [3.8, 4) is 5.75 Å². The van der Waals surface area contributed by atoms with Crippen LogP contribution in [0.1, 0.15) is 85.6 Å². The maximum absolute atomic E-state index is 11.5. The van der Waals surface area contributed by atoms with E-state index in [4.69, 9.17) is 4.74 Å². The number of carbonyl (C=O) groups is 1. The molecule has 1 unspecified atom stereocenters. The fraction of sp³-hybridized carbons (Fsp3) is 0.457.